The molecule has 0 spiro atoms. The summed E-state index contributed by atoms with van der Waals surface area (Å²) in [5, 5.41) is 11.7. The minimum Gasteiger partial charge on any atom is -0.503 e. The Labute approximate surface area is 212 Å². The number of para-hydroxylation sites is 1. The Morgan fingerprint density at radius 3 is 2.32 bits per heavy atom. The van der Waals surface area contributed by atoms with Crippen LogP contribution in [-0.2, 0) is 20.7 Å². The molecule has 2 heterocycles. The van der Waals surface area contributed by atoms with Crippen LogP contribution in [0.15, 0.2) is 94.6 Å². The Morgan fingerprint density at radius 2 is 1.68 bits per heavy atom. The number of ether oxygens (including phenoxy) is 2. The van der Waals surface area contributed by atoms with Gasteiger partial charge in [-0.2, -0.15) is 0 Å². The van der Waals surface area contributed by atoms with Gasteiger partial charge in [-0.15, -0.1) is 0 Å². The topological polar surface area (TPSA) is 106 Å². The van der Waals surface area contributed by atoms with E-state index >= 15 is 0 Å². The lowest BCUT2D eigenvalue weighted by molar-refractivity contribution is -0.139. The molecule has 186 valence electrons. The number of benzene rings is 3. The third-order valence-corrected chi connectivity index (χ3v) is 6.32. The molecule has 1 aromatic heterocycles. The summed E-state index contributed by atoms with van der Waals surface area (Å²) in [6.07, 6.45) is 0.0753. The van der Waals surface area contributed by atoms with Crippen molar-refractivity contribution >= 4 is 34.3 Å². The number of methoxy groups -OCH3 is 2. The maximum Gasteiger partial charge on any atom is 0.309 e. The molecule has 1 aliphatic heterocycles. The predicted molar refractivity (Wildman–Crippen MR) is 136 cm³/mol. The summed E-state index contributed by atoms with van der Waals surface area (Å²) in [7, 11) is 2.85. The van der Waals surface area contributed by atoms with Gasteiger partial charge in [0.25, 0.3) is 5.91 Å². The molecule has 1 atom stereocenters. The van der Waals surface area contributed by atoms with Crippen molar-refractivity contribution in [3.8, 4) is 5.75 Å². The lowest BCUT2D eigenvalue weighted by Gasteiger charge is -2.27. The smallest absolute Gasteiger partial charge is 0.309 e. The van der Waals surface area contributed by atoms with Crippen LogP contribution in [-0.4, -0.2) is 37.0 Å². The van der Waals surface area contributed by atoms with Gasteiger partial charge in [0, 0.05) is 11.1 Å². The van der Waals surface area contributed by atoms with E-state index in [1.807, 2.05) is 12.1 Å². The fourth-order valence-corrected chi connectivity index (χ4v) is 4.44. The highest BCUT2D eigenvalue weighted by molar-refractivity contribution is 6.20. The second kappa shape index (κ2) is 9.66. The van der Waals surface area contributed by atoms with E-state index in [0.717, 1.165) is 5.39 Å². The van der Waals surface area contributed by atoms with Crippen molar-refractivity contribution in [1.29, 1.82) is 0 Å². The Morgan fingerprint density at radius 1 is 0.973 bits per heavy atom. The molecule has 1 unspecified atom stereocenters. The summed E-state index contributed by atoms with van der Waals surface area (Å²) in [5.74, 6) is -1.73. The maximum absolute atomic E-state index is 13.7. The minimum atomic E-state index is -0.925. The average molecular weight is 498 g/mol. The van der Waals surface area contributed by atoms with Crippen molar-refractivity contribution in [2.24, 2.45) is 0 Å². The van der Waals surface area contributed by atoms with Crippen molar-refractivity contribution in [1.82, 2.24) is 0 Å². The molecule has 1 amide bonds. The van der Waals surface area contributed by atoms with Gasteiger partial charge in [-0.1, -0.05) is 42.5 Å². The molecule has 37 heavy (non-hydrogen) atoms. The molecule has 0 fully saturated rings. The zero-order chi connectivity index (χ0) is 26.1. The largest absolute Gasteiger partial charge is 0.503 e. The number of nitrogens with zero attached hydrogens (tertiary/aromatic N) is 1. The fourth-order valence-electron chi connectivity index (χ4n) is 4.44. The number of hydrogen-bond donors (Lipinski definition) is 1. The quantitative estimate of drug-likeness (QED) is 0.285. The Kier molecular flexibility index (Phi) is 6.23. The van der Waals surface area contributed by atoms with Gasteiger partial charge in [0.15, 0.2) is 11.5 Å². The van der Waals surface area contributed by atoms with E-state index in [9.17, 15) is 19.5 Å². The van der Waals surface area contributed by atoms with E-state index in [-0.39, 0.29) is 23.7 Å². The number of aliphatic hydroxyl groups excluding tert-OH is 1. The summed E-state index contributed by atoms with van der Waals surface area (Å²) >= 11 is 0. The first-order chi connectivity index (χ1) is 17.9. The Balaban J connectivity index is 1.58. The van der Waals surface area contributed by atoms with Crippen LogP contribution >= 0.6 is 0 Å². The van der Waals surface area contributed by atoms with Crippen molar-refractivity contribution in [2.45, 2.75) is 12.5 Å². The van der Waals surface area contributed by atoms with Gasteiger partial charge in [-0.3, -0.25) is 19.3 Å². The van der Waals surface area contributed by atoms with Crippen molar-refractivity contribution in [3.63, 3.8) is 0 Å². The summed E-state index contributed by atoms with van der Waals surface area (Å²) in [4.78, 5) is 40.1. The van der Waals surface area contributed by atoms with Crippen LogP contribution in [0.2, 0.25) is 0 Å². The van der Waals surface area contributed by atoms with Crippen LogP contribution in [0.3, 0.4) is 0 Å². The van der Waals surface area contributed by atoms with Crippen LogP contribution in [0.1, 0.15) is 27.7 Å². The van der Waals surface area contributed by atoms with Gasteiger partial charge in [-0.25, -0.2) is 0 Å². The molecular weight excluding hydrogens is 474 g/mol. The lowest BCUT2D eigenvalue weighted by atomic mass is 9.94. The molecule has 1 N–H and O–H groups in total. The summed E-state index contributed by atoms with van der Waals surface area (Å²) < 4.78 is 15.7. The predicted octanol–water partition coefficient (Wildman–Crippen LogP) is 4.94. The van der Waals surface area contributed by atoms with Gasteiger partial charge in [-0.05, 0) is 47.5 Å². The highest BCUT2D eigenvalue weighted by atomic mass is 16.5. The number of fused-ring (bicyclic) bond motifs is 1. The molecule has 0 radical (unpaired) electrons. The van der Waals surface area contributed by atoms with Crippen LogP contribution in [0.5, 0.6) is 5.75 Å². The van der Waals surface area contributed by atoms with Crippen LogP contribution in [0.25, 0.3) is 11.0 Å². The van der Waals surface area contributed by atoms with Gasteiger partial charge in [0.05, 0.1) is 32.3 Å². The number of furan rings is 1. The summed E-state index contributed by atoms with van der Waals surface area (Å²) in [5.41, 5.74) is 2.16. The first kappa shape index (κ1) is 23.9. The zero-order valence-electron chi connectivity index (χ0n) is 20.1. The molecule has 8 nitrogen and oxygen atoms in total. The molecule has 0 bridgehead atoms. The average Bonchev–Trinajstić information content (AvgIpc) is 3.48. The van der Waals surface area contributed by atoms with Gasteiger partial charge < -0.3 is 19.0 Å². The van der Waals surface area contributed by atoms with E-state index in [0.29, 0.717) is 28.1 Å². The maximum atomic E-state index is 13.7. The number of carbonyl (C=O) groups is 3. The van der Waals surface area contributed by atoms with E-state index in [4.69, 9.17) is 13.9 Å². The van der Waals surface area contributed by atoms with Gasteiger partial charge >= 0.3 is 5.97 Å². The second-order valence-corrected chi connectivity index (χ2v) is 8.51. The number of hydrogen-bond acceptors (Lipinski definition) is 7. The molecule has 0 aliphatic carbocycles. The number of ketones is 1. The first-order valence-electron chi connectivity index (χ1n) is 11.5. The van der Waals surface area contributed by atoms with Crippen molar-refractivity contribution < 1.29 is 33.4 Å². The molecular formula is C29H23NO7. The standard InChI is InChI=1S/C29H23NO7/c1-35-21-13-9-18(10-14-21)26-25(27(32)23-16-19-5-3-4-6-22(19)37-23)28(33)29(34)30(26)20-11-7-17(8-12-20)15-24(31)36-2/h3-14,16,26,33H,15H2,1-2H3. The van der Waals surface area contributed by atoms with E-state index in [2.05, 4.69) is 0 Å². The lowest BCUT2D eigenvalue weighted by Crippen LogP contribution is -2.31. The summed E-state index contributed by atoms with van der Waals surface area (Å²) in [6, 6.07) is 21.5. The minimum absolute atomic E-state index is 0.0179. The molecule has 5 rings (SSSR count). The van der Waals surface area contributed by atoms with Crippen molar-refractivity contribution in [2.75, 3.05) is 19.1 Å². The SMILES string of the molecule is COC(=O)Cc1ccc(N2C(=O)C(O)=C(C(=O)c3cc4ccccc4o3)C2c2ccc(OC)cc2)cc1. The number of aliphatic hydroxyl groups is 1. The number of esters is 1. The third kappa shape index (κ3) is 4.33. The van der Waals surface area contributed by atoms with Crippen LogP contribution in [0.4, 0.5) is 5.69 Å². The second-order valence-electron chi connectivity index (χ2n) is 8.51. The molecule has 4 aromatic rings. The molecule has 8 heteroatoms. The number of rotatable bonds is 7. The highest BCUT2D eigenvalue weighted by Gasteiger charge is 2.45. The molecule has 1 aliphatic rings. The zero-order valence-corrected chi connectivity index (χ0v) is 20.1. The Bertz CT molecular complexity index is 1500. The van der Waals surface area contributed by atoms with E-state index < -0.39 is 23.5 Å². The number of carbonyl (C=O) groups excluding carboxylic acids is 3. The molecule has 3 aromatic carbocycles. The molecule has 0 saturated heterocycles. The number of anilines is 1. The van der Waals surface area contributed by atoms with Crippen LogP contribution < -0.4 is 9.64 Å². The van der Waals surface area contributed by atoms with E-state index in [1.165, 1.54) is 12.0 Å². The first-order valence-corrected chi connectivity index (χ1v) is 11.5. The highest BCUT2D eigenvalue weighted by Crippen LogP contribution is 2.42. The Hall–Kier alpha value is -4.85. The van der Waals surface area contributed by atoms with E-state index in [1.54, 1.807) is 73.8 Å². The van der Waals surface area contributed by atoms with Crippen molar-refractivity contribution in [3.05, 3.63) is 107 Å². The van der Waals surface area contributed by atoms with Gasteiger partial charge in [0.1, 0.15) is 11.3 Å². The number of amides is 1. The normalized spacial score (nSPS) is 15.4. The molecule has 0 saturated carbocycles. The fraction of sp³-hybridized carbons (Fsp3) is 0.138. The number of Topliss-reactive ketones (excluding diaryl/α,β-unsaturated/α-hetero) is 1. The monoisotopic (exact) mass is 497 g/mol. The summed E-state index contributed by atoms with van der Waals surface area (Å²) in [6.45, 7) is 0. The third-order valence-electron chi connectivity index (χ3n) is 6.32. The van der Waals surface area contributed by atoms with Gasteiger partial charge in [0.2, 0.25) is 5.78 Å². The van der Waals surface area contributed by atoms with Crippen LogP contribution in [0, 0.1) is 0 Å².